The van der Waals surface area contributed by atoms with Crippen molar-refractivity contribution in [2.75, 3.05) is 65.6 Å². The van der Waals surface area contributed by atoms with Crippen LogP contribution in [0.2, 0.25) is 0 Å². The fraction of sp³-hybridized carbons (Fsp3) is 0.517. The SMILES string of the molecule is Cc1ccccc1C(=O)N(CO)CCCC(C(=O)OCc1ccccc1)N1CCNCCNCCNCC1. The number of esters is 1. The third-order valence-electron chi connectivity index (χ3n) is 6.78. The first-order valence-corrected chi connectivity index (χ1v) is 13.6. The molecule has 1 unspecified atom stereocenters. The molecule has 3 rings (SSSR count). The van der Waals surface area contributed by atoms with Crippen LogP contribution < -0.4 is 16.0 Å². The summed E-state index contributed by atoms with van der Waals surface area (Å²) in [6, 6.07) is 16.6. The van der Waals surface area contributed by atoms with Gasteiger partial charge in [0, 0.05) is 64.5 Å². The quantitative estimate of drug-likeness (QED) is 0.272. The number of carbonyl (C=O) groups is 2. The highest BCUT2D eigenvalue weighted by atomic mass is 16.5. The van der Waals surface area contributed by atoms with Gasteiger partial charge in [0.1, 0.15) is 19.4 Å². The van der Waals surface area contributed by atoms with Gasteiger partial charge in [0.05, 0.1) is 0 Å². The topological polar surface area (TPSA) is 106 Å². The van der Waals surface area contributed by atoms with Crippen molar-refractivity contribution in [3.63, 3.8) is 0 Å². The van der Waals surface area contributed by atoms with Gasteiger partial charge >= 0.3 is 5.97 Å². The number of nitrogens with one attached hydrogen (secondary N) is 3. The maximum Gasteiger partial charge on any atom is 0.323 e. The highest BCUT2D eigenvalue weighted by Gasteiger charge is 2.28. The van der Waals surface area contributed by atoms with Crippen molar-refractivity contribution in [2.24, 2.45) is 0 Å². The Hall–Kier alpha value is -2.82. The van der Waals surface area contributed by atoms with Gasteiger partial charge < -0.3 is 30.7 Å². The predicted octanol–water partition coefficient (Wildman–Crippen LogP) is 1.36. The smallest absolute Gasteiger partial charge is 0.323 e. The Balaban J connectivity index is 1.66. The van der Waals surface area contributed by atoms with Gasteiger partial charge in [-0.2, -0.15) is 0 Å². The summed E-state index contributed by atoms with van der Waals surface area (Å²) < 4.78 is 5.77. The zero-order chi connectivity index (χ0) is 27.0. The first-order valence-electron chi connectivity index (χ1n) is 13.6. The van der Waals surface area contributed by atoms with Gasteiger partial charge in [-0.25, -0.2) is 0 Å². The minimum absolute atomic E-state index is 0.206. The molecule has 1 atom stereocenters. The van der Waals surface area contributed by atoms with Gasteiger partial charge in [0.25, 0.3) is 5.91 Å². The van der Waals surface area contributed by atoms with E-state index < -0.39 is 6.04 Å². The Morgan fingerprint density at radius 3 is 2.16 bits per heavy atom. The van der Waals surface area contributed by atoms with E-state index in [4.69, 9.17) is 4.74 Å². The molecule has 0 spiro atoms. The maximum atomic E-state index is 13.4. The van der Waals surface area contributed by atoms with Gasteiger partial charge in [-0.1, -0.05) is 48.5 Å². The standard InChI is InChI=1S/C29H43N5O4/c1-24-8-5-6-11-26(24)28(36)34(23-35)19-7-12-27(29(37)38-22-25-9-3-2-4-10-25)33-20-17-31-15-13-30-14-16-32-18-21-33/h2-6,8-11,27,30-32,35H,7,12-23H2,1H3. The summed E-state index contributed by atoms with van der Waals surface area (Å²) in [5.41, 5.74) is 2.39. The van der Waals surface area contributed by atoms with Crippen molar-refractivity contribution >= 4 is 11.9 Å². The summed E-state index contributed by atoms with van der Waals surface area (Å²) in [6.45, 7) is 8.55. The van der Waals surface area contributed by atoms with Crippen LogP contribution in [0.4, 0.5) is 0 Å². The monoisotopic (exact) mass is 525 g/mol. The summed E-state index contributed by atoms with van der Waals surface area (Å²) in [5, 5.41) is 20.2. The molecule has 0 radical (unpaired) electrons. The third kappa shape index (κ3) is 9.81. The normalized spacial score (nSPS) is 16.6. The summed E-state index contributed by atoms with van der Waals surface area (Å²) in [4.78, 5) is 30.0. The van der Waals surface area contributed by atoms with Crippen LogP contribution in [0.3, 0.4) is 0 Å². The molecule has 0 aromatic heterocycles. The van der Waals surface area contributed by atoms with E-state index in [9.17, 15) is 14.7 Å². The molecule has 4 N–H and O–H groups in total. The molecule has 1 heterocycles. The second-order valence-corrected chi connectivity index (χ2v) is 9.56. The molecule has 208 valence electrons. The molecule has 0 saturated carbocycles. The molecule has 2 aromatic carbocycles. The van der Waals surface area contributed by atoms with Crippen molar-refractivity contribution in [1.29, 1.82) is 0 Å². The lowest BCUT2D eigenvalue weighted by atomic mass is 10.1. The minimum Gasteiger partial charge on any atom is -0.460 e. The van der Waals surface area contributed by atoms with Gasteiger partial charge in [0.15, 0.2) is 0 Å². The van der Waals surface area contributed by atoms with Crippen LogP contribution in [0.1, 0.15) is 34.3 Å². The van der Waals surface area contributed by atoms with E-state index in [-0.39, 0.29) is 25.2 Å². The van der Waals surface area contributed by atoms with Crippen molar-refractivity contribution in [2.45, 2.75) is 32.4 Å². The molecule has 1 aliphatic rings. The minimum atomic E-state index is -0.447. The predicted molar refractivity (Wildman–Crippen MR) is 149 cm³/mol. The summed E-state index contributed by atoms with van der Waals surface area (Å²) in [6.07, 6.45) is 1.08. The van der Waals surface area contributed by atoms with Gasteiger partial charge in [0.2, 0.25) is 0 Å². The zero-order valence-corrected chi connectivity index (χ0v) is 22.5. The van der Waals surface area contributed by atoms with Crippen molar-refractivity contribution < 1.29 is 19.4 Å². The first kappa shape index (κ1) is 29.7. The van der Waals surface area contributed by atoms with Crippen LogP contribution in [-0.4, -0.2) is 98.5 Å². The highest BCUT2D eigenvalue weighted by molar-refractivity contribution is 5.95. The zero-order valence-electron chi connectivity index (χ0n) is 22.5. The lowest BCUT2D eigenvalue weighted by molar-refractivity contribution is -0.151. The summed E-state index contributed by atoms with van der Waals surface area (Å²) >= 11 is 0. The number of benzene rings is 2. The number of aryl methyl sites for hydroxylation is 1. The number of aliphatic hydroxyl groups excluding tert-OH is 1. The van der Waals surface area contributed by atoms with E-state index in [1.54, 1.807) is 6.07 Å². The van der Waals surface area contributed by atoms with Gasteiger partial charge in [-0.05, 0) is 37.0 Å². The number of nitrogens with zero attached hydrogens (tertiary/aromatic N) is 2. The number of aliphatic hydroxyl groups is 1. The third-order valence-corrected chi connectivity index (χ3v) is 6.78. The number of amides is 1. The molecule has 1 aliphatic heterocycles. The molecule has 1 saturated heterocycles. The maximum absolute atomic E-state index is 13.4. The Morgan fingerprint density at radius 2 is 1.53 bits per heavy atom. The Kier molecular flexibility index (Phi) is 13.2. The number of ether oxygens (including phenoxy) is 1. The van der Waals surface area contributed by atoms with Crippen LogP contribution >= 0.6 is 0 Å². The molecular formula is C29H43N5O4. The summed E-state index contributed by atoms with van der Waals surface area (Å²) in [7, 11) is 0. The Morgan fingerprint density at radius 1 is 0.921 bits per heavy atom. The van der Waals surface area contributed by atoms with Crippen molar-refractivity contribution in [1.82, 2.24) is 25.8 Å². The summed E-state index contributed by atoms with van der Waals surface area (Å²) in [5.74, 6) is -0.467. The van der Waals surface area contributed by atoms with Gasteiger partial charge in [-0.15, -0.1) is 0 Å². The van der Waals surface area contributed by atoms with E-state index >= 15 is 0 Å². The number of hydrogen-bond donors (Lipinski definition) is 4. The molecule has 38 heavy (non-hydrogen) atoms. The van der Waals surface area contributed by atoms with Crippen LogP contribution in [0.25, 0.3) is 0 Å². The molecule has 1 fully saturated rings. The second kappa shape index (κ2) is 16.9. The van der Waals surface area contributed by atoms with Gasteiger partial charge in [-0.3, -0.25) is 14.5 Å². The van der Waals surface area contributed by atoms with Crippen LogP contribution in [0, 0.1) is 6.92 Å². The average molecular weight is 526 g/mol. The molecule has 9 nitrogen and oxygen atoms in total. The molecule has 9 heteroatoms. The lowest BCUT2D eigenvalue weighted by Gasteiger charge is -2.31. The molecular weight excluding hydrogens is 482 g/mol. The number of hydrogen-bond acceptors (Lipinski definition) is 8. The average Bonchev–Trinajstić information content (AvgIpc) is 2.93. The largest absolute Gasteiger partial charge is 0.460 e. The number of rotatable bonds is 10. The number of carbonyl (C=O) groups excluding carboxylic acids is 2. The lowest BCUT2D eigenvalue weighted by Crippen LogP contribution is -2.49. The molecule has 0 bridgehead atoms. The fourth-order valence-corrected chi connectivity index (χ4v) is 4.57. The van der Waals surface area contributed by atoms with Crippen molar-refractivity contribution in [3.8, 4) is 0 Å². The van der Waals surface area contributed by atoms with E-state index in [1.165, 1.54) is 4.90 Å². The van der Waals surface area contributed by atoms with E-state index in [0.717, 1.165) is 50.4 Å². The molecule has 2 aromatic rings. The van der Waals surface area contributed by atoms with E-state index in [0.29, 0.717) is 38.0 Å². The highest BCUT2D eigenvalue weighted by Crippen LogP contribution is 2.15. The van der Waals surface area contributed by atoms with Crippen LogP contribution in [0.15, 0.2) is 54.6 Å². The Bertz CT molecular complexity index is 962. The van der Waals surface area contributed by atoms with Crippen LogP contribution in [-0.2, 0) is 16.1 Å². The van der Waals surface area contributed by atoms with E-state index in [1.807, 2.05) is 55.5 Å². The molecule has 1 amide bonds. The van der Waals surface area contributed by atoms with E-state index in [2.05, 4.69) is 20.9 Å². The second-order valence-electron chi connectivity index (χ2n) is 9.56. The Labute approximate surface area is 226 Å². The fourth-order valence-electron chi connectivity index (χ4n) is 4.57. The first-order chi connectivity index (χ1) is 18.6. The van der Waals surface area contributed by atoms with Crippen molar-refractivity contribution in [3.05, 3.63) is 71.3 Å². The van der Waals surface area contributed by atoms with Crippen LogP contribution in [0.5, 0.6) is 0 Å². The molecule has 0 aliphatic carbocycles.